The lowest BCUT2D eigenvalue weighted by molar-refractivity contribution is -0.148. The van der Waals surface area contributed by atoms with E-state index in [4.69, 9.17) is 0 Å². The molecule has 1 aliphatic carbocycles. The fourth-order valence-corrected chi connectivity index (χ4v) is 4.39. The number of carbonyl (C=O) groups is 3. The van der Waals surface area contributed by atoms with Crippen LogP contribution in [0.2, 0.25) is 0 Å². The molecule has 0 unspecified atom stereocenters. The van der Waals surface area contributed by atoms with Crippen LogP contribution in [0.25, 0.3) is 5.65 Å². The van der Waals surface area contributed by atoms with Crippen LogP contribution < -0.4 is 5.32 Å². The lowest BCUT2D eigenvalue weighted by atomic mass is 9.85. The first kappa shape index (κ1) is 20.3. The maximum absolute atomic E-state index is 13.0. The SMILES string of the molecule is CC(C)C[C@H](C(=O)NCCc1nnc2ccccn12)N1C(=O)[C@H]2CC=CC[C@@H]2C1=O. The average Bonchev–Trinajstić information content (AvgIpc) is 3.26. The maximum atomic E-state index is 13.0. The summed E-state index contributed by atoms with van der Waals surface area (Å²) in [5, 5.41) is 11.2. The van der Waals surface area contributed by atoms with E-state index in [1.807, 2.05) is 54.8 Å². The van der Waals surface area contributed by atoms with Crippen molar-refractivity contribution < 1.29 is 14.4 Å². The third-order valence-electron chi connectivity index (χ3n) is 5.88. The van der Waals surface area contributed by atoms with Gasteiger partial charge in [0.05, 0.1) is 11.8 Å². The molecule has 4 rings (SSSR count). The number of fused-ring (bicyclic) bond motifs is 2. The van der Waals surface area contributed by atoms with Gasteiger partial charge in [0, 0.05) is 19.2 Å². The molecule has 30 heavy (non-hydrogen) atoms. The molecule has 8 nitrogen and oxygen atoms in total. The summed E-state index contributed by atoms with van der Waals surface area (Å²) in [4.78, 5) is 40.2. The number of hydrogen-bond donors (Lipinski definition) is 1. The number of hydrogen-bond acceptors (Lipinski definition) is 5. The summed E-state index contributed by atoms with van der Waals surface area (Å²) in [7, 11) is 0. The fraction of sp³-hybridized carbons (Fsp3) is 0.500. The summed E-state index contributed by atoms with van der Waals surface area (Å²) in [5.41, 5.74) is 0.751. The predicted octanol–water partition coefficient (Wildman–Crippen LogP) is 1.75. The van der Waals surface area contributed by atoms with Gasteiger partial charge in [0.25, 0.3) is 0 Å². The number of imide groups is 1. The monoisotopic (exact) mass is 409 g/mol. The Hall–Kier alpha value is -3.03. The normalized spacial score (nSPS) is 22.0. The van der Waals surface area contributed by atoms with Gasteiger partial charge < -0.3 is 5.32 Å². The second-order valence-electron chi connectivity index (χ2n) is 8.43. The van der Waals surface area contributed by atoms with Gasteiger partial charge in [-0.1, -0.05) is 32.1 Å². The first-order valence-corrected chi connectivity index (χ1v) is 10.6. The molecule has 1 N–H and O–H groups in total. The lowest BCUT2D eigenvalue weighted by Crippen LogP contribution is -2.51. The summed E-state index contributed by atoms with van der Waals surface area (Å²) in [6, 6.07) is 4.89. The average molecular weight is 409 g/mol. The molecule has 1 fully saturated rings. The smallest absolute Gasteiger partial charge is 0.243 e. The fourth-order valence-electron chi connectivity index (χ4n) is 4.39. The number of nitrogens with one attached hydrogen (secondary N) is 1. The van der Waals surface area contributed by atoms with Crippen molar-refractivity contribution in [3.8, 4) is 0 Å². The molecule has 0 saturated carbocycles. The molecule has 0 bridgehead atoms. The molecule has 158 valence electrons. The zero-order valence-electron chi connectivity index (χ0n) is 17.3. The lowest BCUT2D eigenvalue weighted by Gasteiger charge is -2.27. The Morgan fingerprint density at radius 2 is 1.83 bits per heavy atom. The van der Waals surface area contributed by atoms with Crippen molar-refractivity contribution in [1.29, 1.82) is 0 Å². The Morgan fingerprint density at radius 1 is 1.13 bits per heavy atom. The van der Waals surface area contributed by atoms with Crippen LogP contribution in [-0.4, -0.2) is 49.8 Å². The summed E-state index contributed by atoms with van der Waals surface area (Å²) in [6.07, 6.45) is 7.88. The maximum Gasteiger partial charge on any atom is 0.243 e. The van der Waals surface area contributed by atoms with Gasteiger partial charge in [-0.05, 0) is 37.3 Å². The number of allylic oxidation sites excluding steroid dienone is 2. The predicted molar refractivity (Wildman–Crippen MR) is 110 cm³/mol. The van der Waals surface area contributed by atoms with Gasteiger partial charge >= 0.3 is 0 Å². The molecule has 2 aliphatic rings. The molecular weight excluding hydrogens is 382 g/mol. The minimum absolute atomic E-state index is 0.169. The largest absolute Gasteiger partial charge is 0.354 e. The van der Waals surface area contributed by atoms with E-state index in [0.717, 1.165) is 11.5 Å². The Bertz CT molecular complexity index is 970. The first-order valence-electron chi connectivity index (χ1n) is 10.6. The van der Waals surface area contributed by atoms with Crippen LogP contribution in [0.15, 0.2) is 36.5 Å². The number of nitrogens with zero attached hydrogens (tertiary/aromatic N) is 4. The Morgan fingerprint density at radius 3 is 2.50 bits per heavy atom. The zero-order chi connectivity index (χ0) is 21.3. The van der Waals surface area contributed by atoms with Crippen LogP contribution in [0.5, 0.6) is 0 Å². The second kappa shape index (κ2) is 8.38. The third kappa shape index (κ3) is 3.74. The Balaban J connectivity index is 1.45. The van der Waals surface area contributed by atoms with Crippen molar-refractivity contribution >= 4 is 23.4 Å². The standard InChI is InChI=1S/C22H27N5O3/c1-14(2)13-17(27-21(29)15-7-3-4-8-16(15)22(27)30)20(28)23-11-10-19-25-24-18-9-5-6-12-26(18)19/h3-6,9,12,14-17H,7-8,10-11,13H2,1-2H3,(H,23,28)/t15-,16-,17+/m0/s1. The highest BCUT2D eigenvalue weighted by Gasteiger charge is 2.51. The third-order valence-corrected chi connectivity index (χ3v) is 5.88. The van der Waals surface area contributed by atoms with Crippen LogP contribution in [-0.2, 0) is 20.8 Å². The number of aromatic nitrogens is 3. The molecule has 2 aromatic heterocycles. The number of carbonyl (C=O) groups excluding carboxylic acids is 3. The van der Waals surface area contributed by atoms with E-state index >= 15 is 0 Å². The molecule has 3 atom stereocenters. The minimum Gasteiger partial charge on any atom is -0.354 e. The number of amides is 3. The molecule has 3 amide bonds. The quantitative estimate of drug-likeness (QED) is 0.555. The molecular formula is C22H27N5O3. The minimum atomic E-state index is -0.772. The van der Waals surface area contributed by atoms with E-state index in [-0.39, 0.29) is 35.5 Å². The van der Waals surface area contributed by atoms with Gasteiger partial charge in [0.15, 0.2) is 5.65 Å². The van der Waals surface area contributed by atoms with Gasteiger partial charge in [-0.15, -0.1) is 10.2 Å². The second-order valence-corrected chi connectivity index (χ2v) is 8.43. The van der Waals surface area contributed by atoms with E-state index in [2.05, 4.69) is 15.5 Å². The highest BCUT2D eigenvalue weighted by atomic mass is 16.2. The van der Waals surface area contributed by atoms with E-state index in [1.165, 1.54) is 4.90 Å². The number of likely N-dealkylation sites (tertiary alicyclic amines) is 1. The zero-order valence-corrected chi connectivity index (χ0v) is 17.3. The molecule has 8 heteroatoms. The van der Waals surface area contributed by atoms with Crippen molar-refractivity contribution in [2.75, 3.05) is 6.54 Å². The van der Waals surface area contributed by atoms with E-state index in [9.17, 15) is 14.4 Å². The molecule has 3 heterocycles. The van der Waals surface area contributed by atoms with Crippen LogP contribution in [0.3, 0.4) is 0 Å². The molecule has 1 aliphatic heterocycles. The molecule has 0 radical (unpaired) electrons. The Kier molecular flexibility index (Phi) is 5.65. The summed E-state index contributed by atoms with van der Waals surface area (Å²) in [6.45, 7) is 4.33. The molecule has 2 aromatic rings. The van der Waals surface area contributed by atoms with Gasteiger partial charge in [-0.3, -0.25) is 23.7 Å². The molecule has 0 spiro atoms. The summed E-state index contributed by atoms with van der Waals surface area (Å²) in [5.74, 6) is -0.443. The van der Waals surface area contributed by atoms with Crippen molar-refractivity contribution in [2.45, 2.75) is 45.6 Å². The van der Waals surface area contributed by atoms with Gasteiger partial charge in [0.1, 0.15) is 11.9 Å². The van der Waals surface area contributed by atoms with Crippen LogP contribution in [0.4, 0.5) is 0 Å². The topological polar surface area (TPSA) is 96.7 Å². The van der Waals surface area contributed by atoms with Gasteiger partial charge in [-0.2, -0.15) is 0 Å². The Labute approximate surface area is 175 Å². The number of rotatable bonds is 7. The molecule has 0 aromatic carbocycles. The summed E-state index contributed by atoms with van der Waals surface area (Å²) < 4.78 is 1.88. The van der Waals surface area contributed by atoms with Crippen LogP contribution >= 0.6 is 0 Å². The van der Waals surface area contributed by atoms with E-state index in [1.54, 1.807) is 0 Å². The van der Waals surface area contributed by atoms with Crippen molar-refractivity contribution in [1.82, 2.24) is 24.8 Å². The summed E-state index contributed by atoms with van der Waals surface area (Å²) >= 11 is 0. The van der Waals surface area contributed by atoms with Crippen LogP contribution in [0.1, 0.15) is 38.9 Å². The van der Waals surface area contributed by atoms with Crippen LogP contribution in [0, 0.1) is 17.8 Å². The highest BCUT2D eigenvalue weighted by Crippen LogP contribution is 2.37. The highest BCUT2D eigenvalue weighted by molar-refractivity contribution is 6.08. The van der Waals surface area contributed by atoms with E-state index in [0.29, 0.717) is 32.2 Å². The first-order chi connectivity index (χ1) is 14.5. The van der Waals surface area contributed by atoms with Crippen molar-refractivity contribution in [2.24, 2.45) is 17.8 Å². The van der Waals surface area contributed by atoms with Gasteiger partial charge in [0.2, 0.25) is 17.7 Å². The van der Waals surface area contributed by atoms with Crippen molar-refractivity contribution in [3.63, 3.8) is 0 Å². The molecule has 1 saturated heterocycles. The number of pyridine rings is 1. The van der Waals surface area contributed by atoms with Gasteiger partial charge in [-0.25, -0.2) is 0 Å². The van der Waals surface area contributed by atoms with Crippen molar-refractivity contribution in [3.05, 3.63) is 42.4 Å². The van der Waals surface area contributed by atoms with E-state index < -0.39 is 6.04 Å².